The van der Waals surface area contributed by atoms with Crippen molar-refractivity contribution in [2.24, 2.45) is 4.99 Å². The van der Waals surface area contributed by atoms with Crippen LogP contribution >= 0.6 is 0 Å². The van der Waals surface area contributed by atoms with Gasteiger partial charge in [0.2, 0.25) is 17.8 Å². The number of nitrogens with zero attached hydrogens (tertiary/aromatic N) is 3. The van der Waals surface area contributed by atoms with Crippen molar-refractivity contribution in [2.45, 2.75) is 38.1 Å². The van der Waals surface area contributed by atoms with E-state index in [0.717, 1.165) is 38.8 Å². The van der Waals surface area contributed by atoms with Crippen LogP contribution in [0.15, 0.2) is 53.5 Å². The minimum atomic E-state index is -0.765. The maximum absolute atomic E-state index is 13.4. The fourth-order valence-corrected chi connectivity index (χ4v) is 4.52. The summed E-state index contributed by atoms with van der Waals surface area (Å²) in [6, 6.07) is 12.6. The van der Waals surface area contributed by atoms with Crippen LogP contribution in [0.2, 0.25) is 0 Å². The van der Waals surface area contributed by atoms with Gasteiger partial charge in [-0.2, -0.15) is 0 Å². The van der Waals surface area contributed by atoms with Gasteiger partial charge >= 0.3 is 0 Å². The Kier molecular flexibility index (Phi) is 8.60. The number of hydrogen-bond donors (Lipinski definition) is 3. The number of guanidine groups is 1. The van der Waals surface area contributed by atoms with Crippen LogP contribution in [0.4, 0.5) is 5.69 Å². The van der Waals surface area contributed by atoms with Gasteiger partial charge in [0.05, 0.1) is 13.7 Å². The average molecular weight is 508 g/mol. The van der Waals surface area contributed by atoms with Gasteiger partial charge < -0.3 is 25.0 Å². The summed E-state index contributed by atoms with van der Waals surface area (Å²) in [7, 11) is 1.45. The summed E-state index contributed by atoms with van der Waals surface area (Å²) < 4.78 is 5.10. The normalized spacial score (nSPS) is 18.4. The second-order valence-electron chi connectivity index (χ2n) is 9.17. The van der Waals surface area contributed by atoms with Crippen LogP contribution in [0.5, 0.6) is 11.5 Å². The number of rotatable bonds is 6. The van der Waals surface area contributed by atoms with Crippen molar-refractivity contribution in [3.05, 3.63) is 54.1 Å². The highest BCUT2D eigenvalue weighted by atomic mass is 16.5. The van der Waals surface area contributed by atoms with Crippen LogP contribution in [-0.2, 0) is 9.59 Å². The van der Waals surface area contributed by atoms with Crippen LogP contribution in [-0.4, -0.2) is 77.9 Å². The van der Waals surface area contributed by atoms with Crippen molar-refractivity contribution < 1.29 is 24.2 Å². The maximum atomic E-state index is 13.4. The predicted molar refractivity (Wildman–Crippen MR) is 140 cm³/mol. The summed E-state index contributed by atoms with van der Waals surface area (Å²) >= 11 is 0. The first-order valence-electron chi connectivity index (χ1n) is 12.6. The Morgan fingerprint density at radius 3 is 2.49 bits per heavy atom. The summed E-state index contributed by atoms with van der Waals surface area (Å²) in [5, 5.41) is 16.0. The van der Waals surface area contributed by atoms with Gasteiger partial charge in [-0.1, -0.05) is 18.2 Å². The number of benzene rings is 2. The highest BCUT2D eigenvalue weighted by Gasteiger charge is 2.30. The monoisotopic (exact) mass is 507 g/mol. The van der Waals surface area contributed by atoms with E-state index in [1.165, 1.54) is 13.2 Å². The molecule has 0 radical (unpaired) electrons. The van der Waals surface area contributed by atoms with E-state index in [1.807, 2.05) is 6.07 Å². The standard InChI is InChI=1S/C27H33N5O5/c1-37-23-13-12-20(17-22(23)33)28-27(30-25(35)19-9-3-2-4-10-19)29-21-11-5-6-16-32(26(21)36)18-24(34)31-14-7-8-15-31/h2-4,9-10,12-13,17,21,33H,5-8,11,14-16,18H2,1H3,(H2,28,29,30,35)/t21-/m0/s1. The molecule has 0 bridgehead atoms. The molecule has 0 aliphatic carbocycles. The van der Waals surface area contributed by atoms with Crippen LogP contribution in [0.1, 0.15) is 42.5 Å². The fourth-order valence-electron chi connectivity index (χ4n) is 4.52. The number of phenols is 1. The molecule has 0 spiro atoms. The van der Waals surface area contributed by atoms with Crippen molar-refractivity contribution in [3.8, 4) is 11.5 Å². The Morgan fingerprint density at radius 2 is 1.78 bits per heavy atom. The molecule has 3 N–H and O–H groups in total. The highest BCUT2D eigenvalue weighted by molar-refractivity contribution is 6.10. The van der Waals surface area contributed by atoms with E-state index < -0.39 is 11.9 Å². The molecule has 1 atom stereocenters. The van der Waals surface area contributed by atoms with Gasteiger partial charge in [-0.15, -0.1) is 0 Å². The first-order chi connectivity index (χ1) is 17.9. The highest BCUT2D eigenvalue weighted by Crippen LogP contribution is 2.28. The van der Waals surface area contributed by atoms with Gasteiger partial charge in [0.25, 0.3) is 5.91 Å². The SMILES string of the molecule is COc1ccc(NC(=N[C@H]2CCCCN(CC(=O)N3CCCC3)C2=O)NC(=O)c2ccccc2)cc1O. The molecule has 0 saturated carbocycles. The van der Waals surface area contributed by atoms with Crippen LogP contribution in [0.3, 0.4) is 0 Å². The van der Waals surface area contributed by atoms with E-state index in [2.05, 4.69) is 15.6 Å². The molecule has 10 nitrogen and oxygen atoms in total. The van der Waals surface area contributed by atoms with E-state index in [-0.39, 0.29) is 30.1 Å². The molecule has 37 heavy (non-hydrogen) atoms. The number of hydrogen-bond acceptors (Lipinski definition) is 6. The molecule has 2 aromatic rings. The lowest BCUT2D eigenvalue weighted by molar-refractivity contribution is -0.140. The molecule has 2 aliphatic rings. The van der Waals surface area contributed by atoms with Crippen molar-refractivity contribution in [3.63, 3.8) is 0 Å². The Morgan fingerprint density at radius 1 is 1.05 bits per heavy atom. The van der Waals surface area contributed by atoms with E-state index in [1.54, 1.807) is 46.2 Å². The number of likely N-dealkylation sites (tertiary alicyclic amines) is 2. The van der Waals surface area contributed by atoms with Crippen LogP contribution < -0.4 is 15.4 Å². The minimum Gasteiger partial charge on any atom is -0.504 e. The molecule has 0 unspecified atom stereocenters. The molecular formula is C27H33N5O5. The number of carbonyl (C=O) groups excluding carboxylic acids is 3. The number of nitrogens with one attached hydrogen (secondary N) is 2. The average Bonchev–Trinajstić information content (AvgIpc) is 3.39. The topological polar surface area (TPSA) is 124 Å². The molecule has 3 amide bonds. The Hall–Kier alpha value is -4.08. The van der Waals surface area contributed by atoms with Gasteiger partial charge in [-0.05, 0) is 56.4 Å². The van der Waals surface area contributed by atoms with E-state index >= 15 is 0 Å². The smallest absolute Gasteiger partial charge is 0.257 e. The van der Waals surface area contributed by atoms with Gasteiger partial charge in [0.15, 0.2) is 11.5 Å². The summed E-state index contributed by atoms with van der Waals surface area (Å²) in [4.78, 5) is 47.1. The Balaban J connectivity index is 1.56. The maximum Gasteiger partial charge on any atom is 0.257 e. The Labute approximate surface area is 216 Å². The second-order valence-corrected chi connectivity index (χ2v) is 9.17. The van der Waals surface area contributed by atoms with E-state index in [4.69, 9.17) is 4.74 Å². The number of amides is 3. The molecule has 2 aromatic carbocycles. The molecule has 2 saturated heterocycles. The molecular weight excluding hydrogens is 474 g/mol. The molecule has 4 rings (SSSR count). The van der Waals surface area contributed by atoms with Crippen molar-refractivity contribution in [2.75, 3.05) is 38.6 Å². The molecule has 2 heterocycles. The summed E-state index contributed by atoms with van der Waals surface area (Å²) in [5.74, 6) is -0.389. The number of aromatic hydroxyl groups is 1. The van der Waals surface area contributed by atoms with Crippen LogP contribution in [0.25, 0.3) is 0 Å². The number of anilines is 1. The largest absolute Gasteiger partial charge is 0.504 e. The van der Waals surface area contributed by atoms with Crippen LogP contribution in [0, 0.1) is 0 Å². The lowest BCUT2D eigenvalue weighted by Gasteiger charge is -2.25. The van der Waals surface area contributed by atoms with Crippen molar-refractivity contribution in [1.29, 1.82) is 0 Å². The first kappa shape index (κ1) is 26.0. The quantitative estimate of drug-likeness (QED) is 0.408. The number of phenolic OH excluding ortho intramolecular Hbond substituents is 1. The summed E-state index contributed by atoms with van der Waals surface area (Å²) in [6.45, 7) is 2.00. The number of aliphatic imine (C=N–C) groups is 1. The fraction of sp³-hybridized carbons (Fsp3) is 0.407. The molecule has 2 fully saturated rings. The lowest BCUT2D eigenvalue weighted by atomic mass is 10.1. The zero-order valence-electron chi connectivity index (χ0n) is 21.0. The lowest BCUT2D eigenvalue weighted by Crippen LogP contribution is -2.45. The van der Waals surface area contributed by atoms with Gasteiger partial charge in [-0.25, -0.2) is 4.99 Å². The Bertz CT molecular complexity index is 1150. The first-order valence-corrected chi connectivity index (χ1v) is 12.6. The predicted octanol–water partition coefficient (Wildman–Crippen LogP) is 2.60. The number of carbonyl (C=O) groups is 3. The molecule has 2 aliphatic heterocycles. The summed E-state index contributed by atoms with van der Waals surface area (Å²) in [6.07, 6.45) is 4.01. The molecule has 0 aromatic heterocycles. The number of ether oxygens (including phenoxy) is 1. The third-order valence-electron chi connectivity index (χ3n) is 6.53. The van der Waals surface area contributed by atoms with E-state index in [0.29, 0.717) is 30.0 Å². The van der Waals surface area contributed by atoms with E-state index in [9.17, 15) is 19.5 Å². The zero-order valence-corrected chi connectivity index (χ0v) is 21.0. The van der Waals surface area contributed by atoms with Crippen molar-refractivity contribution in [1.82, 2.24) is 15.1 Å². The molecule has 196 valence electrons. The van der Waals surface area contributed by atoms with Crippen molar-refractivity contribution >= 4 is 29.4 Å². The minimum absolute atomic E-state index is 0.0380. The second kappa shape index (κ2) is 12.2. The molecule has 10 heteroatoms. The van der Waals surface area contributed by atoms with Gasteiger partial charge in [0, 0.05) is 37.0 Å². The van der Waals surface area contributed by atoms with Gasteiger partial charge in [0.1, 0.15) is 6.04 Å². The van der Waals surface area contributed by atoms with Gasteiger partial charge in [-0.3, -0.25) is 19.7 Å². The summed E-state index contributed by atoms with van der Waals surface area (Å²) in [5.41, 5.74) is 0.882. The third kappa shape index (κ3) is 6.78. The third-order valence-corrected chi connectivity index (χ3v) is 6.53. The zero-order chi connectivity index (χ0) is 26.2. The number of methoxy groups -OCH3 is 1.